The van der Waals surface area contributed by atoms with Crippen LogP contribution in [0, 0.1) is 0 Å². The molecule has 2 heterocycles. The molecule has 9 heteroatoms. The minimum atomic E-state index is -0.333. The number of rotatable bonds is 4. The zero-order valence-corrected chi connectivity index (χ0v) is 18.7. The SMILES string of the molecule is O=C(Nc1nc2c(s1)CCCC2C(=O)Nc1ccc(Br)cc1)c1ccc2c(c1)OCO2. The molecule has 1 aromatic heterocycles. The summed E-state index contributed by atoms with van der Waals surface area (Å²) in [5.74, 6) is 0.485. The van der Waals surface area contributed by atoms with E-state index in [1.807, 2.05) is 24.3 Å². The van der Waals surface area contributed by atoms with Crippen LogP contribution in [-0.2, 0) is 11.2 Å². The Morgan fingerprint density at radius 2 is 1.87 bits per heavy atom. The molecule has 1 aliphatic carbocycles. The maximum Gasteiger partial charge on any atom is 0.257 e. The molecule has 0 fully saturated rings. The van der Waals surface area contributed by atoms with Crippen molar-refractivity contribution in [1.82, 2.24) is 4.98 Å². The lowest BCUT2D eigenvalue weighted by Crippen LogP contribution is -2.24. The Morgan fingerprint density at radius 1 is 1.06 bits per heavy atom. The Kier molecular flexibility index (Phi) is 5.37. The number of hydrogen-bond donors (Lipinski definition) is 2. The second kappa shape index (κ2) is 8.32. The van der Waals surface area contributed by atoms with E-state index in [0.717, 1.165) is 40.0 Å². The highest BCUT2D eigenvalue weighted by Crippen LogP contribution is 2.38. The predicted octanol–water partition coefficient (Wildman–Crippen LogP) is 4.95. The third-order valence-electron chi connectivity index (χ3n) is 5.24. The van der Waals surface area contributed by atoms with Crippen LogP contribution >= 0.6 is 27.3 Å². The highest BCUT2D eigenvalue weighted by Gasteiger charge is 2.31. The van der Waals surface area contributed by atoms with Gasteiger partial charge in [-0.25, -0.2) is 4.98 Å². The third kappa shape index (κ3) is 4.15. The van der Waals surface area contributed by atoms with E-state index in [1.165, 1.54) is 11.3 Å². The molecule has 3 aromatic rings. The first-order valence-electron chi connectivity index (χ1n) is 9.84. The van der Waals surface area contributed by atoms with Gasteiger partial charge in [0, 0.05) is 20.6 Å². The van der Waals surface area contributed by atoms with Gasteiger partial charge in [-0.3, -0.25) is 14.9 Å². The summed E-state index contributed by atoms with van der Waals surface area (Å²) in [6.07, 6.45) is 2.49. The first-order valence-corrected chi connectivity index (χ1v) is 11.4. The number of aromatic nitrogens is 1. The largest absolute Gasteiger partial charge is 0.454 e. The van der Waals surface area contributed by atoms with Crippen molar-refractivity contribution >= 4 is 49.9 Å². The Morgan fingerprint density at radius 3 is 2.71 bits per heavy atom. The van der Waals surface area contributed by atoms with Gasteiger partial charge in [-0.15, -0.1) is 11.3 Å². The number of carbonyl (C=O) groups is 2. The van der Waals surface area contributed by atoms with Crippen molar-refractivity contribution in [2.45, 2.75) is 25.2 Å². The molecular weight excluding hydrogens is 482 g/mol. The van der Waals surface area contributed by atoms with E-state index in [2.05, 4.69) is 31.5 Å². The molecule has 0 saturated carbocycles. The van der Waals surface area contributed by atoms with Crippen LogP contribution in [0.3, 0.4) is 0 Å². The van der Waals surface area contributed by atoms with E-state index in [-0.39, 0.29) is 24.5 Å². The molecule has 1 atom stereocenters. The zero-order chi connectivity index (χ0) is 21.4. The molecule has 0 radical (unpaired) electrons. The first-order chi connectivity index (χ1) is 15.1. The molecule has 31 heavy (non-hydrogen) atoms. The van der Waals surface area contributed by atoms with E-state index in [4.69, 9.17) is 9.47 Å². The summed E-state index contributed by atoms with van der Waals surface area (Å²) in [5, 5.41) is 6.32. The van der Waals surface area contributed by atoms with Gasteiger partial charge in [0.25, 0.3) is 5.91 Å². The fourth-order valence-corrected chi connectivity index (χ4v) is 5.02. The van der Waals surface area contributed by atoms with Crippen LogP contribution in [0.2, 0.25) is 0 Å². The molecule has 2 amide bonds. The number of nitrogens with one attached hydrogen (secondary N) is 2. The molecular formula is C22H18BrN3O4S. The molecule has 2 N–H and O–H groups in total. The number of halogens is 1. The van der Waals surface area contributed by atoms with Crippen molar-refractivity contribution < 1.29 is 19.1 Å². The van der Waals surface area contributed by atoms with Gasteiger partial charge in [-0.1, -0.05) is 15.9 Å². The number of ether oxygens (including phenoxy) is 2. The number of benzene rings is 2. The molecule has 7 nitrogen and oxygen atoms in total. The Bertz CT molecular complexity index is 1160. The highest BCUT2D eigenvalue weighted by molar-refractivity contribution is 9.10. The van der Waals surface area contributed by atoms with Gasteiger partial charge < -0.3 is 14.8 Å². The van der Waals surface area contributed by atoms with Crippen LogP contribution in [0.1, 0.15) is 39.7 Å². The van der Waals surface area contributed by atoms with E-state index in [9.17, 15) is 9.59 Å². The molecule has 0 saturated heterocycles. The molecule has 0 bridgehead atoms. The van der Waals surface area contributed by atoms with Gasteiger partial charge >= 0.3 is 0 Å². The summed E-state index contributed by atoms with van der Waals surface area (Å²) in [6.45, 7) is 0.156. The summed E-state index contributed by atoms with van der Waals surface area (Å²) in [4.78, 5) is 31.2. The molecule has 2 aliphatic rings. The molecule has 1 unspecified atom stereocenters. The number of carbonyl (C=O) groups excluding carboxylic acids is 2. The molecule has 5 rings (SSSR count). The summed E-state index contributed by atoms with van der Waals surface area (Å²) in [6, 6.07) is 12.5. The lowest BCUT2D eigenvalue weighted by Gasteiger charge is -2.20. The summed E-state index contributed by atoms with van der Waals surface area (Å²) < 4.78 is 11.6. The van der Waals surface area contributed by atoms with Crippen molar-refractivity contribution in [3.63, 3.8) is 0 Å². The van der Waals surface area contributed by atoms with Gasteiger partial charge in [-0.2, -0.15) is 0 Å². The number of fused-ring (bicyclic) bond motifs is 2. The van der Waals surface area contributed by atoms with E-state index in [1.54, 1.807) is 18.2 Å². The van der Waals surface area contributed by atoms with Crippen molar-refractivity contribution in [3.8, 4) is 11.5 Å². The highest BCUT2D eigenvalue weighted by atomic mass is 79.9. The fourth-order valence-electron chi connectivity index (χ4n) is 3.70. The lowest BCUT2D eigenvalue weighted by molar-refractivity contribution is -0.117. The Hall–Kier alpha value is -2.91. The fraction of sp³-hybridized carbons (Fsp3) is 0.227. The molecule has 1 aliphatic heterocycles. The number of hydrogen-bond acceptors (Lipinski definition) is 6. The number of nitrogens with zero attached hydrogens (tertiary/aromatic N) is 1. The van der Waals surface area contributed by atoms with Gasteiger partial charge in [0.1, 0.15) is 0 Å². The Balaban J connectivity index is 1.32. The van der Waals surface area contributed by atoms with Gasteiger partial charge in [-0.05, 0) is 61.7 Å². The number of aryl methyl sites for hydroxylation is 1. The summed E-state index contributed by atoms with van der Waals surface area (Å²) in [5.41, 5.74) is 1.96. The average molecular weight is 500 g/mol. The maximum atomic E-state index is 12.9. The van der Waals surface area contributed by atoms with Gasteiger partial charge in [0.05, 0.1) is 11.6 Å². The number of amides is 2. The topological polar surface area (TPSA) is 89.6 Å². The van der Waals surface area contributed by atoms with Crippen LogP contribution in [0.25, 0.3) is 0 Å². The molecule has 158 valence electrons. The van der Waals surface area contributed by atoms with Gasteiger partial charge in [0.15, 0.2) is 16.6 Å². The van der Waals surface area contributed by atoms with Crippen LogP contribution in [0.15, 0.2) is 46.9 Å². The minimum Gasteiger partial charge on any atom is -0.454 e. The summed E-state index contributed by atoms with van der Waals surface area (Å²) >= 11 is 4.82. The van der Waals surface area contributed by atoms with E-state index < -0.39 is 0 Å². The average Bonchev–Trinajstić information content (AvgIpc) is 3.40. The standard InChI is InChI=1S/C22H18BrN3O4S/c23-13-5-7-14(8-6-13)24-21(28)15-2-1-3-18-19(15)25-22(31-18)26-20(27)12-4-9-16-17(10-12)30-11-29-16/h4-10,15H,1-3,11H2,(H,24,28)(H,25,26,27). The third-order valence-corrected chi connectivity index (χ3v) is 6.81. The lowest BCUT2D eigenvalue weighted by atomic mass is 9.90. The quantitative estimate of drug-likeness (QED) is 0.530. The van der Waals surface area contributed by atoms with Crippen molar-refractivity contribution in [2.75, 3.05) is 17.4 Å². The smallest absolute Gasteiger partial charge is 0.257 e. The van der Waals surface area contributed by atoms with Crippen molar-refractivity contribution in [3.05, 3.63) is 63.1 Å². The summed E-state index contributed by atoms with van der Waals surface area (Å²) in [7, 11) is 0. The molecule has 0 spiro atoms. The number of thiazole rings is 1. The van der Waals surface area contributed by atoms with Crippen LogP contribution in [0.5, 0.6) is 11.5 Å². The Labute approximate surface area is 190 Å². The first kappa shape index (κ1) is 20.0. The van der Waals surface area contributed by atoms with E-state index >= 15 is 0 Å². The van der Waals surface area contributed by atoms with Crippen LogP contribution in [-0.4, -0.2) is 23.6 Å². The van der Waals surface area contributed by atoms with Gasteiger partial charge in [0.2, 0.25) is 12.7 Å². The van der Waals surface area contributed by atoms with E-state index in [0.29, 0.717) is 22.2 Å². The second-order valence-corrected chi connectivity index (χ2v) is 9.29. The molecule has 2 aromatic carbocycles. The zero-order valence-electron chi connectivity index (χ0n) is 16.3. The normalized spacial score (nSPS) is 16.5. The van der Waals surface area contributed by atoms with Crippen LogP contribution < -0.4 is 20.1 Å². The van der Waals surface area contributed by atoms with Crippen molar-refractivity contribution in [1.29, 1.82) is 0 Å². The maximum absolute atomic E-state index is 12.9. The second-order valence-electron chi connectivity index (χ2n) is 7.29. The number of anilines is 2. The minimum absolute atomic E-state index is 0.0813. The predicted molar refractivity (Wildman–Crippen MR) is 121 cm³/mol. The van der Waals surface area contributed by atoms with Crippen LogP contribution in [0.4, 0.5) is 10.8 Å². The van der Waals surface area contributed by atoms with Crippen molar-refractivity contribution in [2.24, 2.45) is 0 Å². The monoisotopic (exact) mass is 499 g/mol.